The van der Waals surface area contributed by atoms with Crippen LogP contribution in [0.15, 0.2) is 40.9 Å². The zero-order valence-corrected chi connectivity index (χ0v) is 13.6. The van der Waals surface area contributed by atoms with E-state index in [0.717, 1.165) is 16.9 Å². The number of amides is 1. The molecule has 0 saturated heterocycles. The van der Waals surface area contributed by atoms with Crippen LogP contribution in [0.4, 0.5) is 9.93 Å². The topological polar surface area (TPSA) is 110 Å². The van der Waals surface area contributed by atoms with Crippen molar-refractivity contribution in [3.63, 3.8) is 0 Å². The van der Waals surface area contributed by atoms with Gasteiger partial charge < -0.3 is 14.7 Å². The van der Waals surface area contributed by atoms with Crippen LogP contribution in [0.2, 0.25) is 0 Å². The van der Waals surface area contributed by atoms with Crippen LogP contribution in [0.1, 0.15) is 18.2 Å². The minimum absolute atomic E-state index is 0.0966. The molecule has 0 atom stereocenters. The van der Waals surface area contributed by atoms with Gasteiger partial charge in [0.2, 0.25) is 5.71 Å². The second kappa shape index (κ2) is 8.63. The number of benzene rings is 1. The fourth-order valence-electron chi connectivity index (χ4n) is 1.68. The molecule has 0 aliphatic heterocycles. The average Bonchev–Trinajstić information content (AvgIpc) is 3.03. The molecule has 0 radical (unpaired) electrons. The van der Waals surface area contributed by atoms with Gasteiger partial charge in [0.05, 0.1) is 6.61 Å². The van der Waals surface area contributed by atoms with E-state index in [4.69, 9.17) is 14.7 Å². The van der Waals surface area contributed by atoms with Gasteiger partial charge in [-0.2, -0.15) is 0 Å². The third-order valence-corrected chi connectivity index (χ3v) is 3.50. The molecular weight excluding hydrogens is 334 g/mol. The van der Waals surface area contributed by atoms with Gasteiger partial charge in [0.15, 0.2) is 5.13 Å². The zero-order valence-electron chi connectivity index (χ0n) is 12.8. The van der Waals surface area contributed by atoms with Crippen molar-refractivity contribution in [2.75, 3.05) is 11.9 Å². The van der Waals surface area contributed by atoms with Gasteiger partial charge in [0.25, 0.3) is 0 Å². The van der Waals surface area contributed by atoms with Crippen LogP contribution in [-0.2, 0) is 20.9 Å². The number of hydrogen-bond acceptors (Lipinski definition) is 8. The van der Waals surface area contributed by atoms with Gasteiger partial charge in [-0.25, -0.2) is 14.6 Å². The SMILES string of the molecule is CCOC(=O)/C(=N\O)c1csc(NC(=O)OCc2ccccc2)n1. The zero-order chi connectivity index (χ0) is 17.4. The molecule has 9 heteroatoms. The maximum Gasteiger partial charge on any atom is 0.413 e. The quantitative estimate of drug-likeness (QED) is 0.359. The third kappa shape index (κ3) is 4.78. The van der Waals surface area contributed by atoms with Crippen LogP contribution < -0.4 is 5.32 Å². The minimum Gasteiger partial charge on any atom is -0.461 e. The number of nitrogens with one attached hydrogen (secondary N) is 1. The fourth-order valence-corrected chi connectivity index (χ4v) is 2.36. The maximum absolute atomic E-state index is 11.7. The Balaban J connectivity index is 1.93. The molecule has 2 aromatic rings. The second-order valence-electron chi connectivity index (χ2n) is 4.39. The minimum atomic E-state index is -0.802. The van der Waals surface area contributed by atoms with Crippen molar-refractivity contribution >= 4 is 34.2 Å². The number of thiazole rings is 1. The molecule has 0 spiro atoms. The lowest BCUT2D eigenvalue weighted by Crippen LogP contribution is -2.19. The Labute approximate surface area is 141 Å². The third-order valence-electron chi connectivity index (χ3n) is 2.74. The molecule has 0 fully saturated rings. The number of oxime groups is 1. The van der Waals surface area contributed by atoms with E-state index in [9.17, 15) is 9.59 Å². The summed E-state index contributed by atoms with van der Waals surface area (Å²) in [6.45, 7) is 1.89. The number of carbonyl (C=O) groups is 2. The predicted molar refractivity (Wildman–Crippen MR) is 87.3 cm³/mol. The number of nitrogens with zero attached hydrogens (tertiary/aromatic N) is 2. The van der Waals surface area contributed by atoms with Gasteiger partial charge in [-0.15, -0.1) is 11.3 Å². The van der Waals surface area contributed by atoms with Crippen LogP contribution in [0, 0.1) is 0 Å². The Morgan fingerprint density at radius 1 is 1.29 bits per heavy atom. The number of aromatic nitrogens is 1. The molecule has 2 N–H and O–H groups in total. The van der Waals surface area contributed by atoms with E-state index < -0.39 is 12.1 Å². The summed E-state index contributed by atoms with van der Waals surface area (Å²) in [5.41, 5.74) is 0.614. The molecule has 1 heterocycles. The number of rotatable bonds is 6. The lowest BCUT2D eigenvalue weighted by molar-refractivity contribution is -0.135. The number of carbonyl (C=O) groups excluding carboxylic acids is 2. The van der Waals surface area contributed by atoms with E-state index in [1.165, 1.54) is 5.38 Å². The van der Waals surface area contributed by atoms with Gasteiger partial charge >= 0.3 is 12.1 Å². The Kier molecular flexibility index (Phi) is 6.26. The molecule has 126 valence electrons. The first-order valence-electron chi connectivity index (χ1n) is 6.96. The molecule has 0 unspecified atom stereocenters. The lowest BCUT2D eigenvalue weighted by atomic mass is 10.2. The molecular formula is C15H15N3O5S. The summed E-state index contributed by atoms with van der Waals surface area (Å²) in [6, 6.07) is 9.21. The molecule has 1 aromatic carbocycles. The normalized spacial score (nSPS) is 11.0. The van der Waals surface area contributed by atoms with Crippen molar-refractivity contribution < 1.29 is 24.3 Å². The first kappa shape index (κ1) is 17.4. The summed E-state index contributed by atoms with van der Waals surface area (Å²) in [6.07, 6.45) is -0.682. The van der Waals surface area contributed by atoms with E-state index in [1.807, 2.05) is 30.3 Å². The van der Waals surface area contributed by atoms with Gasteiger partial charge in [-0.1, -0.05) is 35.5 Å². The van der Waals surface area contributed by atoms with Crippen molar-refractivity contribution in [3.05, 3.63) is 47.0 Å². The van der Waals surface area contributed by atoms with E-state index >= 15 is 0 Å². The van der Waals surface area contributed by atoms with Gasteiger partial charge in [-0.3, -0.25) is 5.32 Å². The highest BCUT2D eigenvalue weighted by Crippen LogP contribution is 2.17. The summed E-state index contributed by atoms with van der Waals surface area (Å²) in [7, 11) is 0. The molecule has 2 rings (SSSR count). The van der Waals surface area contributed by atoms with E-state index in [2.05, 4.69) is 15.5 Å². The van der Waals surface area contributed by atoms with Gasteiger partial charge in [0.1, 0.15) is 12.3 Å². The Morgan fingerprint density at radius 2 is 2.04 bits per heavy atom. The van der Waals surface area contributed by atoms with E-state index in [-0.39, 0.29) is 29.8 Å². The van der Waals surface area contributed by atoms with Crippen LogP contribution in [0.25, 0.3) is 0 Å². The van der Waals surface area contributed by atoms with Crippen LogP contribution in [0.5, 0.6) is 0 Å². The molecule has 1 amide bonds. The molecule has 24 heavy (non-hydrogen) atoms. The van der Waals surface area contributed by atoms with Crippen molar-refractivity contribution in [2.24, 2.45) is 5.16 Å². The molecule has 0 saturated carbocycles. The first-order valence-corrected chi connectivity index (χ1v) is 7.84. The van der Waals surface area contributed by atoms with Crippen molar-refractivity contribution in [3.8, 4) is 0 Å². The smallest absolute Gasteiger partial charge is 0.413 e. The molecule has 1 aromatic heterocycles. The van der Waals surface area contributed by atoms with E-state index in [0.29, 0.717) is 0 Å². The lowest BCUT2D eigenvalue weighted by Gasteiger charge is -2.04. The fraction of sp³-hybridized carbons (Fsp3) is 0.200. The first-order chi connectivity index (χ1) is 11.6. The summed E-state index contributed by atoms with van der Waals surface area (Å²) < 4.78 is 9.81. The van der Waals surface area contributed by atoms with Crippen molar-refractivity contribution in [2.45, 2.75) is 13.5 Å². The number of ether oxygens (including phenoxy) is 2. The number of anilines is 1. The van der Waals surface area contributed by atoms with Crippen molar-refractivity contribution in [1.29, 1.82) is 0 Å². The summed E-state index contributed by atoms with van der Waals surface area (Å²) in [4.78, 5) is 27.3. The largest absolute Gasteiger partial charge is 0.461 e. The van der Waals surface area contributed by atoms with Crippen LogP contribution >= 0.6 is 11.3 Å². The average molecular weight is 349 g/mol. The Bertz CT molecular complexity index is 730. The van der Waals surface area contributed by atoms with Crippen molar-refractivity contribution in [1.82, 2.24) is 4.98 Å². The van der Waals surface area contributed by atoms with Crippen LogP contribution in [0.3, 0.4) is 0 Å². The standard InChI is InChI=1S/C15H15N3O5S/c1-2-22-13(19)12(18-21)11-9-24-14(16-11)17-15(20)23-8-10-6-4-3-5-7-10/h3-7,9,21H,2,8H2,1H3,(H,16,17,20)/b18-12-. The highest BCUT2D eigenvalue weighted by atomic mass is 32.1. The highest BCUT2D eigenvalue weighted by Gasteiger charge is 2.20. The number of esters is 1. The number of hydrogen-bond donors (Lipinski definition) is 2. The van der Waals surface area contributed by atoms with E-state index in [1.54, 1.807) is 6.92 Å². The Morgan fingerprint density at radius 3 is 2.71 bits per heavy atom. The second-order valence-corrected chi connectivity index (χ2v) is 5.25. The Hall–Kier alpha value is -2.94. The van der Waals surface area contributed by atoms with Gasteiger partial charge in [-0.05, 0) is 12.5 Å². The molecule has 0 aliphatic carbocycles. The summed E-state index contributed by atoms with van der Waals surface area (Å²) >= 11 is 1.06. The predicted octanol–water partition coefficient (Wildman–Crippen LogP) is 2.63. The molecule has 8 nitrogen and oxygen atoms in total. The highest BCUT2D eigenvalue weighted by molar-refractivity contribution is 7.14. The maximum atomic E-state index is 11.7. The molecule has 0 bridgehead atoms. The monoisotopic (exact) mass is 349 g/mol. The van der Waals surface area contributed by atoms with Crippen LogP contribution in [-0.4, -0.2) is 34.6 Å². The van der Waals surface area contributed by atoms with Gasteiger partial charge in [0, 0.05) is 5.38 Å². The summed E-state index contributed by atoms with van der Waals surface area (Å²) in [5.74, 6) is -0.802. The molecule has 0 aliphatic rings. The summed E-state index contributed by atoms with van der Waals surface area (Å²) in [5, 5.41) is 15.9.